The SMILES string of the molecule is CC1=NN(c2ccccc2)C(=O)/C1=N\c1cc(Cl)c(O)c(Cl)c1. The van der Waals surface area contributed by atoms with E-state index >= 15 is 0 Å². The minimum atomic E-state index is -0.339. The van der Waals surface area contributed by atoms with Gasteiger partial charge in [0.15, 0.2) is 11.5 Å². The minimum Gasteiger partial charge on any atom is -0.505 e. The van der Waals surface area contributed by atoms with Gasteiger partial charge in [0.2, 0.25) is 0 Å². The van der Waals surface area contributed by atoms with Gasteiger partial charge in [-0.25, -0.2) is 4.99 Å². The van der Waals surface area contributed by atoms with Gasteiger partial charge in [-0.3, -0.25) is 4.79 Å². The van der Waals surface area contributed by atoms with E-state index in [1.165, 1.54) is 17.1 Å². The van der Waals surface area contributed by atoms with Crippen LogP contribution in [0.4, 0.5) is 11.4 Å². The molecule has 0 bridgehead atoms. The van der Waals surface area contributed by atoms with Crippen LogP contribution in [0.3, 0.4) is 0 Å². The maximum Gasteiger partial charge on any atom is 0.299 e. The number of amides is 1. The highest BCUT2D eigenvalue weighted by molar-refractivity contribution is 6.71. The summed E-state index contributed by atoms with van der Waals surface area (Å²) in [6.45, 7) is 1.70. The first-order valence-electron chi connectivity index (χ1n) is 6.69. The fraction of sp³-hybridized carbons (Fsp3) is 0.0625. The monoisotopic (exact) mass is 347 g/mol. The van der Waals surface area contributed by atoms with E-state index < -0.39 is 0 Å². The van der Waals surface area contributed by atoms with Crippen LogP contribution in [0.2, 0.25) is 10.0 Å². The number of hydrogen-bond acceptors (Lipinski definition) is 4. The number of anilines is 1. The van der Waals surface area contributed by atoms with Crippen LogP contribution < -0.4 is 5.01 Å². The molecule has 0 saturated carbocycles. The van der Waals surface area contributed by atoms with Crippen molar-refractivity contribution in [3.8, 4) is 5.75 Å². The Kier molecular flexibility index (Phi) is 4.07. The van der Waals surface area contributed by atoms with E-state index in [1.54, 1.807) is 19.1 Å². The Morgan fingerprint density at radius 1 is 1.13 bits per heavy atom. The molecule has 2 aromatic carbocycles. The van der Waals surface area contributed by atoms with Crippen molar-refractivity contribution >= 4 is 51.9 Å². The summed E-state index contributed by atoms with van der Waals surface area (Å²) in [4.78, 5) is 16.8. The van der Waals surface area contributed by atoms with Gasteiger partial charge in [0.1, 0.15) is 0 Å². The van der Waals surface area contributed by atoms with Crippen LogP contribution in [-0.4, -0.2) is 22.4 Å². The van der Waals surface area contributed by atoms with Gasteiger partial charge in [0, 0.05) is 0 Å². The Balaban J connectivity index is 1.99. The molecule has 1 amide bonds. The Morgan fingerprint density at radius 2 is 1.74 bits per heavy atom. The summed E-state index contributed by atoms with van der Waals surface area (Å²) in [5, 5.41) is 15.2. The van der Waals surface area contributed by atoms with Gasteiger partial charge < -0.3 is 5.11 Å². The minimum absolute atomic E-state index is 0.0665. The molecule has 1 aliphatic rings. The zero-order chi connectivity index (χ0) is 16.6. The lowest BCUT2D eigenvalue weighted by Crippen LogP contribution is -2.27. The molecule has 5 nitrogen and oxygen atoms in total. The summed E-state index contributed by atoms with van der Waals surface area (Å²) in [6, 6.07) is 11.9. The van der Waals surface area contributed by atoms with Crippen molar-refractivity contribution < 1.29 is 9.90 Å². The Morgan fingerprint density at radius 3 is 2.35 bits per heavy atom. The number of hydrazone groups is 1. The quantitative estimate of drug-likeness (QED) is 0.884. The highest BCUT2D eigenvalue weighted by Crippen LogP contribution is 2.36. The van der Waals surface area contributed by atoms with Gasteiger partial charge in [-0.05, 0) is 31.2 Å². The highest BCUT2D eigenvalue weighted by Gasteiger charge is 2.30. The second-order valence-corrected chi connectivity index (χ2v) is 5.67. The van der Waals surface area contributed by atoms with Gasteiger partial charge in [0.25, 0.3) is 5.91 Å². The van der Waals surface area contributed by atoms with Crippen molar-refractivity contribution in [2.75, 3.05) is 5.01 Å². The molecule has 2 aromatic rings. The van der Waals surface area contributed by atoms with E-state index in [0.29, 0.717) is 17.1 Å². The summed E-state index contributed by atoms with van der Waals surface area (Å²) in [5.41, 5.74) is 1.71. The molecule has 3 rings (SSSR count). The summed E-state index contributed by atoms with van der Waals surface area (Å²) in [5.74, 6) is -0.555. The smallest absolute Gasteiger partial charge is 0.299 e. The van der Waals surface area contributed by atoms with Crippen molar-refractivity contribution in [3.63, 3.8) is 0 Å². The van der Waals surface area contributed by atoms with Crippen molar-refractivity contribution in [2.45, 2.75) is 6.92 Å². The molecule has 1 heterocycles. The van der Waals surface area contributed by atoms with E-state index in [2.05, 4.69) is 10.1 Å². The maximum atomic E-state index is 12.5. The molecule has 0 unspecified atom stereocenters. The Hall–Kier alpha value is -2.37. The van der Waals surface area contributed by atoms with Gasteiger partial charge in [-0.2, -0.15) is 10.1 Å². The third-order valence-corrected chi connectivity index (χ3v) is 3.81. The van der Waals surface area contributed by atoms with Crippen LogP contribution in [0.5, 0.6) is 5.75 Å². The Labute approximate surface area is 142 Å². The molecule has 1 aliphatic heterocycles. The van der Waals surface area contributed by atoms with Crippen LogP contribution in [-0.2, 0) is 4.79 Å². The van der Waals surface area contributed by atoms with Crippen LogP contribution >= 0.6 is 23.2 Å². The number of aromatic hydroxyl groups is 1. The molecule has 23 heavy (non-hydrogen) atoms. The van der Waals surface area contributed by atoms with Crippen molar-refractivity contribution in [1.29, 1.82) is 0 Å². The van der Waals surface area contributed by atoms with Gasteiger partial charge in [0.05, 0.1) is 27.1 Å². The lowest BCUT2D eigenvalue weighted by Gasteiger charge is -2.10. The molecule has 0 spiro atoms. The van der Waals surface area contributed by atoms with Crippen LogP contribution in [0.1, 0.15) is 6.92 Å². The van der Waals surface area contributed by atoms with E-state index in [1.807, 2.05) is 18.2 Å². The third kappa shape index (κ3) is 2.93. The lowest BCUT2D eigenvalue weighted by atomic mass is 10.2. The number of hydrogen-bond donors (Lipinski definition) is 1. The normalized spacial score (nSPS) is 16.1. The molecule has 0 atom stereocenters. The zero-order valence-electron chi connectivity index (χ0n) is 12.0. The largest absolute Gasteiger partial charge is 0.505 e. The van der Waals surface area contributed by atoms with Crippen LogP contribution in [0.25, 0.3) is 0 Å². The molecule has 0 radical (unpaired) electrons. The fourth-order valence-corrected chi connectivity index (χ4v) is 2.59. The molecular weight excluding hydrogens is 337 g/mol. The van der Waals surface area contributed by atoms with E-state index in [-0.39, 0.29) is 27.4 Å². The summed E-state index contributed by atoms with van der Waals surface area (Å²) in [6.07, 6.45) is 0. The highest BCUT2D eigenvalue weighted by atomic mass is 35.5. The standard InChI is InChI=1S/C16H11Cl2N3O2/c1-9-14(19-10-7-12(17)15(22)13(18)8-10)16(23)21(20-9)11-5-3-2-4-6-11/h2-8,22H,1H3/b19-14-. The molecule has 7 heteroatoms. The van der Waals surface area contributed by atoms with Crippen LogP contribution in [0, 0.1) is 0 Å². The number of aliphatic imine (C=N–C) groups is 1. The zero-order valence-corrected chi connectivity index (χ0v) is 13.5. The topological polar surface area (TPSA) is 65.3 Å². The van der Waals surface area contributed by atoms with E-state index in [9.17, 15) is 9.90 Å². The average molecular weight is 348 g/mol. The number of phenols is 1. The molecule has 0 saturated heterocycles. The van der Waals surface area contributed by atoms with Crippen molar-refractivity contribution in [1.82, 2.24) is 0 Å². The van der Waals surface area contributed by atoms with Gasteiger partial charge in [-0.15, -0.1) is 0 Å². The average Bonchev–Trinajstić information content (AvgIpc) is 2.81. The molecule has 1 N–H and O–H groups in total. The summed E-state index contributed by atoms with van der Waals surface area (Å²) < 4.78 is 0. The van der Waals surface area contributed by atoms with Gasteiger partial charge in [-0.1, -0.05) is 41.4 Å². The number of carbonyl (C=O) groups is 1. The van der Waals surface area contributed by atoms with Crippen molar-refractivity contribution in [3.05, 3.63) is 52.5 Å². The van der Waals surface area contributed by atoms with Crippen molar-refractivity contribution in [2.24, 2.45) is 10.1 Å². The molecule has 0 fully saturated rings. The number of para-hydroxylation sites is 1. The number of carbonyl (C=O) groups excluding carboxylic acids is 1. The Bertz CT molecular complexity index is 825. The second-order valence-electron chi connectivity index (χ2n) is 4.86. The second kappa shape index (κ2) is 6.02. The molecule has 0 aromatic heterocycles. The molecular formula is C16H11Cl2N3O2. The lowest BCUT2D eigenvalue weighted by molar-refractivity contribution is -0.112. The first-order chi connectivity index (χ1) is 11.0. The first-order valence-corrected chi connectivity index (χ1v) is 7.45. The predicted molar refractivity (Wildman–Crippen MR) is 92.3 cm³/mol. The number of nitrogens with zero attached hydrogens (tertiary/aromatic N) is 3. The van der Waals surface area contributed by atoms with E-state index in [4.69, 9.17) is 23.2 Å². The molecule has 0 aliphatic carbocycles. The fourth-order valence-electron chi connectivity index (χ4n) is 2.12. The van der Waals surface area contributed by atoms with Gasteiger partial charge >= 0.3 is 0 Å². The van der Waals surface area contributed by atoms with E-state index in [0.717, 1.165) is 0 Å². The van der Waals surface area contributed by atoms with Crippen LogP contribution in [0.15, 0.2) is 52.6 Å². The number of halogens is 2. The third-order valence-electron chi connectivity index (χ3n) is 3.23. The summed E-state index contributed by atoms with van der Waals surface area (Å²) in [7, 11) is 0. The molecule has 116 valence electrons. The summed E-state index contributed by atoms with van der Waals surface area (Å²) >= 11 is 11.7. The maximum absolute atomic E-state index is 12.5. The number of phenolic OH excluding ortho intramolecular Hbond substituents is 1. The predicted octanol–water partition coefficient (Wildman–Crippen LogP) is 4.19. The first kappa shape index (κ1) is 15.5. The number of benzene rings is 2. The number of rotatable bonds is 2.